The molecule has 3 atom stereocenters. The molecule has 0 aliphatic heterocycles. The smallest absolute Gasteiger partial charge is 0.0645 e. The van der Waals surface area contributed by atoms with Gasteiger partial charge in [0.05, 0.1) is 18.0 Å². The van der Waals surface area contributed by atoms with E-state index in [9.17, 15) is 5.11 Å². The summed E-state index contributed by atoms with van der Waals surface area (Å²) in [5.74, 6) is 0. The van der Waals surface area contributed by atoms with E-state index < -0.39 is 0 Å². The molecule has 20 heavy (non-hydrogen) atoms. The molecule has 0 saturated carbocycles. The molecule has 4 nitrogen and oxygen atoms in total. The number of benzene rings is 1. The van der Waals surface area contributed by atoms with Crippen LogP contribution in [0.25, 0.3) is 5.69 Å². The fraction of sp³-hybridized carbons (Fsp3) is 0.438. The maximum Gasteiger partial charge on any atom is 0.0645 e. The van der Waals surface area contributed by atoms with E-state index in [1.165, 1.54) is 0 Å². The number of aromatic nitrogens is 2. The van der Waals surface area contributed by atoms with Gasteiger partial charge in [0.25, 0.3) is 0 Å². The Morgan fingerprint density at radius 1 is 1.20 bits per heavy atom. The molecule has 0 saturated heterocycles. The second-order valence-corrected chi connectivity index (χ2v) is 5.43. The third kappa shape index (κ3) is 3.92. The Bertz CT molecular complexity index is 522. The minimum atomic E-state index is -0.281. The zero-order valence-electron chi connectivity index (χ0n) is 12.3. The van der Waals surface area contributed by atoms with Crippen LogP contribution in [0.2, 0.25) is 0 Å². The Morgan fingerprint density at radius 2 is 1.90 bits per heavy atom. The minimum absolute atomic E-state index is 0.209. The van der Waals surface area contributed by atoms with Gasteiger partial charge in [0.2, 0.25) is 0 Å². The Labute approximate surface area is 120 Å². The maximum atomic E-state index is 9.40. The van der Waals surface area contributed by atoms with Crippen LogP contribution in [0.5, 0.6) is 0 Å². The topological polar surface area (TPSA) is 50.1 Å². The summed E-state index contributed by atoms with van der Waals surface area (Å²) < 4.78 is 1.88. The van der Waals surface area contributed by atoms with Crippen molar-refractivity contribution in [2.75, 3.05) is 0 Å². The molecule has 4 heteroatoms. The van der Waals surface area contributed by atoms with E-state index >= 15 is 0 Å². The molecule has 3 unspecified atom stereocenters. The van der Waals surface area contributed by atoms with E-state index in [2.05, 4.69) is 24.3 Å². The zero-order valence-corrected chi connectivity index (χ0v) is 12.3. The molecule has 1 aromatic heterocycles. The molecule has 0 radical (unpaired) electrons. The molecule has 2 rings (SSSR count). The predicted molar refractivity (Wildman–Crippen MR) is 80.9 cm³/mol. The number of nitrogens with zero attached hydrogens (tertiary/aromatic N) is 2. The number of rotatable bonds is 6. The molecule has 1 heterocycles. The van der Waals surface area contributed by atoms with Gasteiger partial charge in [-0.25, -0.2) is 4.68 Å². The molecule has 0 amide bonds. The van der Waals surface area contributed by atoms with Crippen LogP contribution in [-0.2, 0) is 0 Å². The average molecular weight is 273 g/mol. The minimum Gasteiger partial charge on any atom is -0.393 e. The van der Waals surface area contributed by atoms with Gasteiger partial charge in [-0.15, -0.1) is 0 Å². The molecule has 0 aliphatic rings. The zero-order chi connectivity index (χ0) is 14.5. The second-order valence-electron chi connectivity index (χ2n) is 5.43. The third-order valence-electron chi connectivity index (χ3n) is 3.35. The van der Waals surface area contributed by atoms with E-state index in [-0.39, 0.29) is 18.2 Å². The number of aliphatic hydroxyl groups is 1. The first-order chi connectivity index (χ1) is 9.56. The highest BCUT2D eigenvalue weighted by Crippen LogP contribution is 2.15. The first-order valence-corrected chi connectivity index (χ1v) is 7.10. The molecule has 1 aromatic carbocycles. The van der Waals surface area contributed by atoms with Crippen LogP contribution in [0.1, 0.15) is 38.8 Å². The quantitative estimate of drug-likeness (QED) is 0.850. The molecule has 2 N–H and O–H groups in total. The van der Waals surface area contributed by atoms with Gasteiger partial charge in [0, 0.05) is 23.8 Å². The Balaban J connectivity index is 2.01. The summed E-state index contributed by atoms with van der Waals surface area (Å²) in [7, 11) is 0. The summed E-state index contributed by atoms with van der Waals surface area (Å²) in [6.07, 6.45) is 4.40. The number of aliphatic hydroxyl groups excluding tert-OH is 1. The standard InChI is InChI=1S/C16H23N3O/c1-12(9-13(2)20)18-14(3)15-10-17-19(11-15)16-7-5-4-6-8-16/h4-8,10-14,18,20H,9H2,1-3H3. The number of hydrogen-bond donors (Lipinski definition) is 2. The van der Waals surface area contributed by atoms with Gasteiger partial charge in [-0.1, -0.05) is 18.2 Å². The highest BCUT2D eigenvalue weighted by atomic mass is 16.3. The normalized spacial score (nSPS) is 15.8. The molecule has 0 fully saturated rings. The summed E-state index contributed by atoms with van der Waals surface area (Å²) in [5, 5.41) is 17.3. The van der Waals surface area contributed by atoms with Gasteiger partial charge in [-0.3, -0.25) is 0 Å². The molecule has 108 valence electrons. The Morgan fingerprint density at radius 3 is 2.55 bits per heavy atom. The monoisotopic (exact) mass is 273 g/mol. The van der Waals surface area contributed by atoms with Crippen molar-refractivity contribution in [1.29, 1.82) is 0 Å². The molecular formula is C16H23N3O. The third-order valence-corrected chi connectivity index (χ3v) is 3.35. The van der Waals surface area contributed by atoms with Crippen LogP contribution in [0.4, 0.5) is 0 Å². The second kappa shape index (κ2) is 6.68. The fourth-order valence-electron chi connectivity index (χ4n) is 2.38. The lowest BCUT2D eigenvalue weighted by molar-refractivity contribution is 0.168. The highest BCUT2D eigenvalue weighted by molar-refractivity contribution is 5.31. The summed E-state index contributed by atoms with van der Waals surface area (Å²) in [6.45, 7) is 6.02. The summed E-state index contributed by atoms with van der Waals surface area (Å²) in [4.78, 5) is 0. The fourth-order valence-corrected chi connectivity index (χ4v) is 2.38. The van der Waals surface area contributed by atoms with Crippen LogP contribution in [0, 0.1) is 0 Å². The van der Waals surface area contributed by atoms with Crippen molar-refractivity contribution >= 4 is 0 Å². The number of hydrogen-bond acceptors (Lipinski definition) is 3. The van der Waals surface area contributed by atoms with Gasteiger partial charge in [-0.05, 0) is 39.3 Å². The first kappa shape index (κ1) is 14.8. The van der Waals surface area contributed by atoms with E-state index in [0.29, 0.717) is 0 Å². The lowest BCUT2D eigenvalue weighted by atomic mass is 10.1. The van der Waals surface area contributed by atoms with Crippen LogP contribution >= 0.6 is 0 Å². The van der Waals surface area contributed by atoms with Crippen LogP contribution in [0.15, 0.2) is 42.7 Å². The van der Waals surface area contributed by atoms with E-state index in [0.717, 1.165) is 17.7 Å². The predicted octanol–water partition coefficient (Wildman–Crippen LogP) is 2.68. The maximum absolute atomic E-state index is 9.40. The molecule has 2 aromatic rings. The van der Waals surface area contributed by atoms with Gasteiger partial charge in [0.1, 0.15) is 0 Å². The van der Waals surface area contributed by atoms with Crippen molar-refractivity contribution in [3.63, 3.8) is 0 Å². The molecular weight excluding hydrogens is 250 g/mol. The van der Waals surface area contributed by atoms with E-state index in [1.54, 1.807) is 0 Å². The van der Waals surface area contributed by atoms with Crippen LogP contribution in [-0.4, -0.2) is 27.0 Å². The van der Waals surface area contributed by atoms with Crippen LogP contribution in [0.3, 0.4) is 0 Å². The Kier molecular flexibility index (Phi) is 4.93. The highest BCUT2D eigenvalue weighted by Gasteiger charge is 2.13. The van der Waals surface area contributed by atoms with Gasteiger partial charge >= 0.3 is 0 Å². The molecule has 0 spiro atoms. The van der Waals surface area contributed by atoms with Gasteiger partial charge in [-0.2, -0.15) is 5.10 Å². The SMILES string of the molecule is CC(O)CC(C)NC(C)c1cnn(-c2ccccc2)c1. The summed E-state index contributed by atoms with van der Waals surface area (Å²) in [5.41, 5.74) is 2.20. The van der Waals surface area contributed by atoms with Gasteiger partial charge in [0.15, 0.2) is 0 Å². The summed E-state index contributed by atoms with van der Waals surface area (Å²) in [6, 6.07) is 10.5. The summed E-state index contributed by atoms with van der Waals surface area (Å²) >= 11 is 0. The van der Waals surface area contributed by atoms with E-state index in [4.69, 9.17) is 0 Å². The van der Waals surface area contributed by atoms with Crippen molar-refractivity contribution in [3.05, 3.63) is 48.3 Å². The Hall–Kier alpha value is -1.65. The van der Waals surface area contributed by atoms with Gasteiger partial charge < -0.3 is 10.4 Å². The van der Waals surface area contributed by atoms with Crippen molar-refractivity contribution in [1.82, 2.24) is 15.1 Å². The average Bonchev–Trinajstić information content (AvgIpc) is 2.88. The lowest BCUT2D eigenvalue weighted by Gasteiger charge is -2.20. The molecule has 0 aliphatic carbocycles. The van der Waals surface area contributed by atoms with Crippen LogP contribution < -0.4 is 5.32 Å². The number of para-hydroxylation sites is 1. The van der Waals surface area contributed by atoms with Crippen molar-refractivity contribution < 1.29 is 5.11 Å². The van der Waals surface area contributed by atoms with Crippen molar-refractivity contribution in [2.45, 2.75) is 45.4 Å². The lowest BCUT2D eigenvalue weighted by Crippen LogP contribution is -2.31. The van der Waals surface area contributed by atoms with E-state index in [1.807, 2.05) is 54.3 Å². The largest absolute Gasteiger partial charge is 0.393 e. The molecule has 0 bridgehead atoms. The van der Waals surface area contributed by atoms with Crippen molar-refractivity contribution in [3.8, 4) is 5.69 Å². The number of nitrogens with one attached hydrogen (secondary N) is 1. The first-order valence-electron chi connectivity index (χ1n) is 7.10. The van der Waals surface area contributed by atoms with Crippen molar-refractivity contribution in [2.24, 2.45) is 0 Å².